The van der Waals surface area contributed by atoms with E-state index in [4.69, 9.17) is 0 Å². The van der Waals surface area contributed by atoms with Gasteiger partial charge in [0.15, 0.2) is 0 Å². The fraction of sp³-hybridized carbons (Fsp3) is 0.278. The normalized spacial score (nSPS) is 10.3. The van der Waals surface area contributed by atoms with Gasteiger partial charge < -0.3 is 10.2 Å². The second-order valence-corrected chi connectivity index (χ2v) is 5.99. The molecule has 0 bridgehead atoms. The fourth-order valence-electron chi connectivity index (χ4n) is 2.34. The minimum atomic E-state index is -0.00193. The zero-order valence-electron chi connectivity index (χ0n) is 13.0. The number of hydrogen-bond donors (Lipinski definition) is 1. The molecule has 0 spiro atoms. The molecule has 0 heterocycles. The zero-order chi connectivity index (χ0) is 15.9. The maximum Gasteiger partial charge on any atom is 0.228 e. The number of anilines is 2. The van der Waals surface area contributed by atoms with Crippen molar-refractivity contribution in [2.75, 3.05) is 23.3 Å². The molecule has 2 aromatic rings. The van der Waals surface area contributed by atoms with Crippen molar-refractivity contribution in [2.45, 2.75) is 20.3 Å². The van der Waals surface area contributed by atoms with Crippen molar-refractivity contribution in [2.24, 2.45) is 0 Å². The lowest BCUT2D eigenvalue weighted by Gasteiger charge is -2.21. The van der Waals surface area contributed by atoms with Crippen LogP contribution in [0.2, 0.25) is 0 Å². The Balaban J connectivity index is 1.95. The summed E-state index contributed by atoms with van der Waals surface area (Å²) in [5.74, 6) is -0.00193. The molecule has 0 atom stereocenters. The smallest absolute Gasteiger partial charge is 0.228 e. The van der Waals surface area contributed by atoms with E-state index in [2.05, 4.69) is 40.0 Å². The second kappa shape index (κ2) is 7.99. The second-order valence-electron chi connectivity index (χ2n) is 5.07. The highest BCUT2D eigenvalue weighted by atomic mass is 79.9. The third-order valence-corrected chi connectivity index (χ3v) is 4.09. The summed E-state index contributed by atoms with van der Waals surface area (Å²) < 4.78 is 1.02. The summed E-state index contributed by atoms with van der Waals surface area (Å²) in [5, 5.41) is 2.94. The number of rotatable bonds is 6. The van der Waals surface area contributed by atoms with Crippen LogP contribution in [0, 0.1) is 0 Å². The van der Waals surface area contributed by atoms with Gasteiger partial charge in [0.05, 0.1) is 6.42 Å². The lowest BCUT2D eigenvalue weighted by Crippen LogP contribution is -2.21. The monoisotopic (exact) mass is 360 g/mol. The number of hydrogen-bond acceptors (Lipinski definition) is 2. The molecule has 0 aromatic heterocycles. The summed E-state index contributed by atoms with van der Waals surface area (Å²) in [6.07, 6.45) is 0.380. The Morgan fingerprint density at radius 1 is 1.00 bits per heavy atom. The number of nitrogens with one attached hydrogen (secondary N) is 1. The third kappa shape index (κ3) is 4.60. The fourth-order valence-corrected chi connectivity index (χ4v) is 2.60. The van der Waals surface area contributed by atoms with Crippen molar-refractivity contribution in [3.63, 3.8) is 0 Å². The van der Waals surface area contributed by atoms with Gasteiger partial charge in [0.1, 0.15) is 0 Å². The van der Waals surface area contributed by atoms with Crippen LogP contribution in [0.1, 0.15) is 19.4 Å². The van der Waals surface area contributed by atoms with Crippen molar-refractivity contribution in [1.82, 2.24) is 0 Å². The average molecular weight is 361 g/mol. The van der Waals surface area contributed by atoms with Gasteiger partial charge in [-0.25, -0.2) is 0 Å². The Morgan fingerprint density at radius 2 is 1.59 bits per heavy atom. The first kappa shape index (κ1) is 16.6. The van der Waals surface area contributed by atoms with Gasteiger partial charge in [-0.05, 0) is 55.8 Å². The lowest BCUT2D eigenvalue weighted by molar-refractivity contribution is -0.115. The molecular formula is C18H21BrN2O. The van der Waals surface area contributed by atoms with Crippen molar-refractivity contribution in [3.8, 4) is 0 Å². The Labute approximate surface area is 140 Å². The third-order valence-electron chi connectivity index (χ3n) is 3.56. The minimum absolute atomic E-state index is 0.00193. The van der Waals surface area contributed by atoms with Crippen LogP contribution in [0.3, 0.4) is 0 Å². The van der Waals surface area contributed by atoms with Gasteiger partial charge in [-0.2, -0.15) is 0 Å². The number of carbonyl (C=O) groups is 1. The van der Waals surface area contributed by atoms with Crippen LogP contribution in [-0.4, -0.2) is 19.0 Å². The molecule has 0 saturated heterocycles. The van der Waals surface area contributed by atoms with Gasteiger partial charge in [0, 0.05) is 28.9 Å². The van der Waals surface area contributed by atoms with Gasteiger partial charge >= 0.3 is 0 Å². The summed E-state index contributed by atoms with van der Waals surface area (Å²) >= 11 is 3.39. The predicted octanol–water partition coefficient (Wildman–Crippen LogP) is 4.48. The van der Waals surface area contributed by atoms with Crippen LogP contribution in [0.4, 0.5) is 11.4 Å². The van der Waals surface area contributed by atoms with Crippen LogP contribution in [-0.2, 0) is 11.2 Å². The van der Waals surface area contributed by atoms with Crippen molar-refractivity contribution >= 4 is 33.2 Å². The molecule has 22 heavy (non-hydrogen) atoms. The molecule has 0 unspecified atom stereocenters. The number of amides is 1. The topological polar surface area (TPSA) is 32.3 Å². The lowest BCUT2D eigenvalue weighted by atomic mass is 10.1. The van der Waals surface area contributed by atoms with Crippen LogP contribution in [0.5, 0.6) is 0 Å². The standard InChI is InChI=1S/C18H21BrN2O/c1-3-21(4-2)17-11-9-16(10-12-17)20-18(22)13-14-5-7-15(19)8-6-14/h5-12H,3-4,13H2,1-2H3,(H,20,22). The molecule has 0 saturated carbocycles. The highest BCUT2D eigenvalue weighted by molar-refractivity contribution is 9.10. The number of halogens is 1. The molecule has 1 N–H and O–H groups in total. The van der Waals surface area contributed by atoms with Crippen molar-refractivity contribution in [3.05, 3.63) is 58.6 Å². The average Bonchev–Trinajstić information content (AvgIpc) is 2.52. The van der Waals surface area contributed by atoms with E-state index in [1.807, 2.05) is 48.5 Å². The van der Waals surface area contributed by atoms with Crippen LogP contribution in [0.25, 0.3) is 0 Å². The Hall–Kier alpha value is -1.81. The van der Waals surface area contributed by atoms with E-state index in [9.17, 15) is 4.79 Å². The summed E-state index contributed by atoms with van der Waals surface area (Å²) in [4.78, 5) is 14.3. The molecule has 0 fully saturated rings. The van der Waals surface area contributed by atoms with Gasteiger partial charge in [0.2, 0.25) is 5.91 Å². The first-order valence-electron chi connectivity index (χ1n) is 7.51. The summed E-state index contributed by atoms with van der Waals surface area (Å²) in [5.41, 5.74) is 3.01. The van der Waals surface area contributed by atoms with E-state index in [0.717, 1.165) is 28.8 Å². The molecule has 0 aliphatic heterocycles. The van der Waals surface area contributed by atoms with Crippen LogP contribution < -0.4 is 10.2 Å². The first-order chi connectivity index (χ1) is 10.6. The van der Waals surface area contributed by atoms with E-state index in [1.165, 1.54) is 5.69 Å². The molecule has 4 heteroatoms. The number of benzene rings is 2. The Bertz CT molecular complexity index is 604. The largest absolute Gasteiger partial charge is 0.372 e. The van der Waals surface area contributed by atoms with Crippen LogP contribution in [0.15, 0.2) is 53.0 Å². The predicted molar refractivity (Wildman–Crippen MR) is 96.5 cm³/mol. The summed E-state index contributed by atoms with van der Waals surface area (Å²) in [6.45, 7) is 6.23. The van der Waals surface area contributed by atoms with E-state index >= 15 is 0 Å². The van der Waals surface area contributed by atoms with E-state index in [0.29, 0.717) is 6.42 Å². The molecule has 0 aliphatic carbocycles. The number of nitrogens with zero attached hydrogens (tertiary/aromatic N) is 1. The zero-order valence-corrected chi connectivity index (χ0v) is 14.6. The van der Waals surface area contributed by atoms with Gasteiger partial charge in [0.25, 0.3) is 0 Å². The minimum Gasteiger partial charge on any atom is -0.372 e. The SMILES string of the molecule is CCN(CC)c1ccc(NC(=O)Cc2ccc(Br)cc2)cc1. The highest BCUT2D eigenvalue weighted by Gasteiger charge is 2.05. The quantitative estimate of drug-likeness (QED) is 0.823. The molecule has 3 nitrogen and oxygen atoms in total. The van der Waals surface area contributed by atoms with E-state index < -0.39 is 0 Å². The van der Waals surface area contributed by atoms with E-state index in [-0.39, 0.29) is 5.91 Å². The molecule has 0 aliphatic rings. The molecule has 2 aromatic carbocycles. The first-order valence-corrected chi connectivity index (χ1v) is 8.31. The molecular weight excluding hydrogens is 340 g/mol. The number of carbonyl (C=O) groups excluding carboxylic acids is 1. The highest BCUT2D eigenvalue weighted by Crippen LogP contribution is 2.18. The van der Waals surface area contributed by atoms with Gasteiger partial charge in [-0.1, -0.05) is 28.1 Å². The van der Waals surface area contributed by atoms with Crippen molar-refractivity contribution < 1.29 is 4.79 Å². The van der Waals surface area contributed by atoms with Gasteiger partial charge in [-0.15, -0.1) is 0 Å². The van der Waals surface area contributed by atoms with E-state index in [1.54, 1.807) is 0 Å². The molecule has 1 amide bonds. The Morgan fingerprint density at radius 3 is 2.14 bits per heavy atom. The summed E-state index contributed by atoms with van der Waals surface area (Å²) in [7, 11) is 0. The van der Waals surface area contributed by atoms with Gasteiger partial charge in [-0.3, -0.25) is 4.79 Å². The van der Waals surface area contributed by atoms with Crippen molar-refractivity contribution in [1.29, 1.82) is 0 Å². The van der Waals surface area contributed by atoms with Crippen LogP contribution >= 0.6 is 15.9 Å². The molecule has 116 valence electrons. The maximum atomic E-state index is 12.1. The maximum absolute atomic E-state index is 12.1. The summed E-state index contributed by atoms with van der Waals surface area (Å²) in [6, 6.07) is 15.8. The molecule has 2 rings (SSSR count). The molecule has 0 radical (unpaired) electrons. The Kier molecular flexibility index (Phi) is 6.01.